The summed E-state index contributed by atoms with van der Waals surface area (Å²) >= 11 is 0. The summed E-state index contributed by atoms with van der Waals surface area (Å²) in [5.41, 5.74) is 8.69. The lowest BCUT2D eigenvalue weighted by Gasteiger charge is -2.25. The Balaban J connectivity index is 1.46. The third kappa shape index (κ3) is 3.75. The smallest absolute Gasteiger partial charge is 0.251 e. The topological polar surface area (TPSA) is 109 Å². The van der Waals surface area contributed by atoms with Gasteiger partial charge in [-0.2, -0.15) is 0 Å². The van der Waals surface area contributed by atoms with Crippen molar-refractivity contribution in [3.05, 3.63) is 47.9 Å². The molecule has 0 saturated carbocycles. The van der Waals surface area contributed by atoms with Crippen LogP contribution in [0.4, 0.5) is 5.82 Å². The van der Waals surface area contributed by atoms with Crippen LogP contribution >= 0.6 is 0 Å². The minimum atomic E-state index is -0.519. The van der Waals surface area contributed by atoms with Crippen LogP contribution in [-0.2, 0) is 6.42 Å². The molecule has 4 rings (SSSR count). The number of carbonyl (C=O) groups excluding carboxylic acids is 1. The summed E-state index contributed by atoms with van der Waals surface area (Å²) in [4.78, 5) is 26.8. The molecule has 1 amide bonds. The maximum Gasteiger partial charge on any atom is 0.251 e. The van der Waals surface area contributed by atoms with Crippen molar-refractivity contribution in [2.45, 2.75) is 25.3 Å². The number of rotatable bonds is 6. The molecule has 1 saturated heterocycles. The van der Waals surface area contributed by atoms with Gasteiger partial charge in [0.05, 0.1) is 18.0 Å². The average molecular weight is 394 g/mol. The number of ether oxygens (including phenoxy) is 1. The molecule has 1 atom stereocenters. The number of hydrogen-bond acceptors (Lipinski definition) is 6. The second-order valence-electron chi connectivity index (χ2n) is 7.54. The number of aromatic amines is 1. The van der Waals surface area contributed by atoms with Gasteiger partial charge in [-0.1, -0.05) is 13.0 Å². The van der Waals surface area contributed by atoms with Gasteiger partial charge in [-0.3, -0.25) is 4.79 Å². The maximum absolute atomic E-state index is 12.5. The van der Waals surface area contributed by atoms with E-state index in [1.165, 1.54) is 5.56 Å². The summed E-state index contributed by atoms with van der Waals surface area (Å²) in [6, 6.07) is 7.09. The van der Waals surface area contributed by atoms with Crippen molar-refractivity contribution < 1.29 is 9.53 Å². The van der Waals surface area contributed by atoms with Crippen molar-refractivity contribution in [3.63, 3.8) is 0 Å². The van der Waals surface area contributed by atoms with Gasteiger partial charge in [-0.05, 0) is 36.6 Å². The van der Waals surface area contributed by atoms with Crippen molar-refractivity contribution >= 4 is 22.8 Å². The van der Waals surface area contributed by atoms with E-state index in [9.17, 15) is 4.79 Å². The molecule has 0 spiro atoms. The van der Waals surface area contributed by atoms with Crippen LogP contribution in [0.5, 0.6) is 5.75 Å². The second-order valence-corrected chi connectivity index (χ2v) is 7.54. The summed E-state index contributed by atoms with van der Waals surface area (Å²) in [5.74, 6) is 1.40. The Kier molecular flexibility index (Phi) is 5.10. The normalized spacial score (nSPS) is 18.9. The van der Waals surface area contributed by atoms with Crippen molar-refractivity contribution in [2.24, 2.45) is 5.73 Å². The molecule has 29 heavy (non-hydrogen) atoms. The van der Waals surface area contributed by atoms with Crippen LogP contribution in [0.25, 0.3) is 11.0 Å². The van der Waals surface area contributed by atoms with Gasteiger partial charge in [0, 0.05) is 31.4 Å². The molecule has 4 N–H and O–H groups in total. The monoisotopic (exact) mass is 394 g/mol. The quantitative estimate of drug-likeness (QED) is 0.589. The largest absolute Gasteiger partial charge is 0.497 e. The number of carbonyl (C=O) groups is 1. The van der Waals surface area contributed by atoms with Gasteiger partial charge in [-0.15, -0.1) is 0 Å². The molecule has 1 aliphatic heterocycles. The minimum Gasteiger partial charge on any atom is -0.497 e. The Labute approximate surface area is 169 Å². The lowest BCUT2D eigenvalue weighted by molar-refractivity contribution is 0.0944. The molecule has 0 unspecified atom stereocenters. The lowest BCUT2D eigenvalue weighted by Crippen LogP contribution is -2.52. The van der Waals surface area contributed by atoms with E-state index in [0.717, 1.165) is 36.2 Å². The molecule has 8 heteroatoms. The number of aryl methyl sites for hydroxylation is 1. The second kappa shape index (κ2) is 7.71. The zero-order valence-electron chi connectivity index (χ0n) is 16.7. The number of nitrogens with zero attached hydrogens (tertiary/aromatic N) is 3. The highest BCUT2D eigenvalue weighted by Gasteiger charge is 2.36. The molecule has 152 valence electrons. The zero-order valence-corrected chi connectivity index (χ0v) is 16.7. The molecular weight excluding hydrogens is 368 g/mol. The third-order valence-corrected chi connectivity index (χ3v) is 5.53. The molecule has 1 aliphatic rings. The zero-order chi connectivity index (χ0) is 20.4. The highest BCUT2D eigenvalue weighted by molar-refractivity contribution is 5.94. The minimum absolute atomic E-state index is 0.157. The van der Waals surface area contributed by atoms with Crippen LogP contribution in [0.3, 0.4) is 0 Å². The van der Waals surface area contributed by atoms with E-state index in [1.807, 2.05) is 12.3 Å². The standard InChI is InChI=1S/C21H26N6O2/c1-3-14-10-23-18-17(14)19(26-13-25-18)27-8-7-21(22,12-27)11-24-20(28)15-5-4-6-16(9-15)29-2/h4-6,9-10,13H,3,7-8,11-12,22H2,1-2H3,(H,24,28)(H,23,25,26)/t21-/m0/s1. The maximum atomic E-state index is 12.5. The van der Waals surface area contributed by atoms with E-state index in [1.54, 1.807) is 31.6 Å². The fraction of sp³-hybridized carbons (Fsp3) is 0.381. The van der Waals surface area contributed by atoms with Crippen LogP contribution in [0, 0.1) is 0 Å². The Morgan fingerprint density at radius 3 is 3.07 bits per heavy atom. The molecule has 1 fully saturated rings. The van der Waals surface area contributed by atoms with Crippen LogP contribution < -0.4 is 20.7 Å². The molecule has 0 radical (unpaired) electrons. The van der Waals surface area contributed by atoms with Crippen molar-refractivity contribution in [1.29, 1.82) is 0 Å². The number of aromatic nitrogens is 3. The van der Waals surface area contributed by atoms with Crippen molar-refractivity contribution in [2.75, 3.05) is 31.6 Å². The predicted octanol–water partition coefficient (Wildman–Crippen LogP) is 1.87. The summed E-state index contributed by atoms with van der Waals surface area (Å²) in [5, 5.41) is 4.03. The van der Waals surface area contributed by atoms with Crippen LogP contribution in [0.2, 0.25) is 0 Å². The number of nitrogens with two attached hydrogens (primary N) is 1. The summed E-state index contributed by atoms with van der Waals surface area (Å²) in [6.07, 6.45) is 5.24. The number of H-pyrrole nitrogens is 1. The highest BCUT2D eigenvalue weighted by Crippen LogP contribution is 2.31. The molecule has 1 aromatic carbocycles. The molecule has 0 aliphatic carbocycles. The van der Waals surface area contributed by atoms with E-state index in [-0.39, 0.29) is 5.91 Å². The van der Waals surface area contributed by atoms with Gasteiger partial charge >= 0.3 is 0 Å². The highest BCUT2D eigenvalue weighted by atomic mass is 16.5. The average Bonchev–Trinajstić information content (AvgIpc) is 3.36. The molecule has 0 bridgehead atoms. The first-order valence-corrected chi connectivity index (χ1v) is 9.80. The Morgan fingerprint density at radius 2 is 2.28 bits per heavy atom. The van der Waals surface area contributed by atoms with Gasteiger partial charge in [-0.25, -0.2) is 9.97 Å². The van der Waals surface area contributed by atoms with Crippen LogP contribution in [0.15, 0.2) is 36.8 Å². The number of nitrogens with one attached hydrogen (secondary N) is 2. The predicted molar refractivity (Wildman–Crippen MR) is 112 cm³/mol. The Bertz CT molecular complexity index is 1030. The van der Waals surface area contributed by atoms with Crippen molar-refractivity contribution in [1.82, 2.24) is 20.3 Å². The Hall–Kier alpha value is -3.13. The lowest BCUT2D eigenvalue weighted by atomic mass is 10.00. The SMILES string of the molecule is CCc1c[nH]c2ncnc(N3CC[C@](N)(CNC(=O)c4cccc(OC)c4)C3)c12. The molecule has 3 heterocycles. The summed E-state index contributed by atoms with van der Waals surface area (Å²) in [6.45, 7) is 3.91. The molecule has 8 nitrogen and oxygen atoms in total. The number of anilines is 1. The number of fused-ring (bicyclic) bond motifs is 1. The summed E-state index contributed by atoms with van der Waals surface area (Å²) in [7, 11) is 1.58. The van der Waals surface area contributed by atoms with E-state index >= 15 is 0 Å². The van der Waals surface area contributed by atoms with Crippen molar-refractivity contribution in [3.8, 4) is 5.75 Å². The molecule has 3 aromatic rings. The van der Waals surface area contributed by atoms with E-state index in [2.05, 4.69) is 32.1 Å². The number of amides is 1. The number of methoxy groups -OCH3 is 1. The van der Waals surface area contributed by atoms with Gasteiger partial charge in [0.25, 0.3) is 5.91 Å². The fourth-order valence-corrected chi connectivity index (χ4v) is 3.87. The van der Waals surface area contributed by atoms with Gasteiger partial charge in [0.1, 0.15) is 23.5 Å². The molecule has 2 aromatic heterocycles. The fourth-order valence-electron chi connectivity index (χ4n) is 3.87. The summed E-state index contributed by atoms with van der Waals surface area (Å²) < 4.78 is 5.19. The van der Waals surface area contributed by atoms with E-state index in [0.29, 0.717) is 24.4 Å². The number of benzene rings is 1. The van der Waals surface area contributed by atoms with Gasteiger partial charge in [0.2, 0.25) is 0 Å². The van der Waals surface area contributed by atoms with Gasteiger partial charge < -0.3 is 25.7 Å². The van der Waals surface area contributed by atoms with Gasteiger partial charge in [0.15, 0.2) is 0 Å². The first-order valence-electron chi connectivity index (χ1n) is 9.80. The van der Waals surface area contributed by atoms with Crippen LogP contribution in [0.1, 0.15) is 29.3 Å². The number of hydrogen-bond donors (Lipinski definition) is 3. The van der Waals surface area contributed by atoms with E-state index < -0.39 is 5.54 Å². The third-order valence-electron chi connectivity index (χ3n) is 5.53. The first kappa shape index (κ1) is 19.2. The first-order chi connectivity index (χ1) is 14.0. The molecular formula is C21H26N6O2. The van der Waals surface area contributed by atoms with E-state index in [4.69, 9.17) is 10.5 Å². The Morgan fingerprint density at radius 1 is 1.41 bits per heavy atom. The van der Waals surface area contributed by atoms with Crippen LogP contribution in [-0.4, -0.2) is 53.1 Å².